The largest absolute Gasteiger partial charge is 0.376 e. The molecular weight excluding hydrogens is 264 g/mol. The summed E-state index contributed by atoms with van der Waals surface area (Å²) in [6, 6.07) is 8.36. The van der Waals surface area contributed by atoms with Gasteiger partial charge >= 0.3 is 0 Å². The molecule has 4 nitrogen and oxygen atoms in total. The molecule has 1 aromatic rings. The molecule has 0 bridgehead atoms. The number of anilines is 1. The highest BCUT2D eigenvalue weighted by Gasteiger charge is 2.25. The van der Waals surface area contributed by atoms with E-state index in [0.717, 1.165) is 12.2 Å². The lowest BCUT2D eigenvalue weighted by atomic mass is 10.0. The number of hydrogen-bond acceptors (Lipinski definition) is 3. The lowest BCUT2D eigenvalue weighted by Crippen LogP contribution is -2.50. The van der Waals surface area contributed by atoms with Gasteiger partial charge in [0.25, 0.3) is 0 Å². The van der Waals surface area contributed by atoms with Crippen molar-refractivity contribution >= 4 is 11.6 Å². The van der Waals surface area contributed by atoms with Gasteiger partial charge in [0, 0.05) is 18.3 Å². The molecular formula is C17H26N2O2. The summed E-state index contributed by atoms with van der Waals surface area (Å²) in [6.07, 6.45) is 0.193. The fourth-order valence-electron chi connectivity index (χ4n) is 2.55. The van der Waals surface area contributed by atoms with Crippen molar-refractivity contribution in [2.75, 3.05) is 25.0 Å². The van der Waals surface area contributed by atoms with Crippen LogP contribution in [0.2, 0.25) is 0 Å². The van der Waals surface area contributed by atoms with Crippen LogP contribution in [0.5, 0.6) is 0 Å². The third-order valence-electron chi connectivity index (χ3n) is 3.92. The SMILES string of the molecule is CC1CN(CC(=O)Nc2cccc(C(C)C)c2)C(C)CO1. The second-order valence-corrected chi connectivity index (χ2v) is 6.25. The molecule has 1 heterocycles. The molecule has 0 radical (unpaired) electrons. The van der Waals surface area contributed by atoms with Crippen LogP contribution in [0, 0.1) is 0 Å². The Morgan fingerprint density at radius 1 is 1.43 bits per heavy atom. The van der Waals surface area contributed by atoms with Gasteiger partial charge in [-0.25, -0.2) is 0 Å². The summed E-state index contributed by atoms with van der Waals surface area (Å²) in [5.74, 6) is 0.499. The zero-order valence-corrected chi connectivity index (χ0v) is 13.4. The maximum atomic E-state index is 12.2. The molecule has 116 valence electrons. The van der Waals surface area contributed by atoms with Crippen molar-refractivity contribution in [1.82, 2.24) is 4.90 Å². The molecule has 0 aliphatic carbocycles. The van der Waals surface area contributed by atoms with Crippen molar-refractivity contribution in [3.05, 3.63) is 29.8 Å². The van der Waals surface area contributed by atoms with Gasteiger partial charge in [0.2, 0.25) is 5.91 Å². The Labute approximate surface area is 127 Å². The van der Waals surface area contributed by atoms with Crippen LogP contribution in [-0.4, -0.2) is 42.6 Å². The topological polar surface area (TPSA) is 41.6 Å². The van der Waals surface area contributed by atoms with Crippen LogP contribution in [0.15, 0.2) is 24.3 Å². The summed E-state index contributed by atoms with van der Waals surface area (Å²) in [7, 11) is 0. The molecule has 0 aromatic heterocycles. The van der Waals surface area contributed by atoms with E-state index in [9.17, 15) is 4.79 Å². The van der Waals surface area contributed by atoms with E-state index in [-0.39, 0.29) is 18.1 Å². The van der Waals surface area contributed by atoms with Crippen LogP contribution in [-0.2, 0) is 9.53 Å². The standard InChI is InChI=1S/C17H26N2O2/c1-12(2)15-6-5-7-16(8-15)18-17(20)10-19-9-14(4)21-11-13(19)3/h5-8,12-14H,9-11H2,1-4H3,(H,18,20). The summed E-state index contributed by atoms with van der Waals surface area (Å²) in [4.78, 5) is 14.4. The van der Waals surface area contributed by atoms with Crippen molar-refractivity contribution in [3.63, 3.8) is 0 Å². The third-order valence-corrected chi connectivity index (χ3v) is 3.92. The lowest BCUT2D eigenvalue weighted by molar-refractivity contribution is -0.121. The number of carbonyl (C=O) groups excluding carboxylic acids is 1. The molecule has 2 unspecified atom stereocenters. The molecule has 1 aliphatic rings. The molecule has 1 saturated heterocycles. The third kappa shape index (κ3) is 4.55. The van der Waals surface area contributed by atoms with Crippen molar-refractivity contribution in [1.29, 1.82) is 0 Å². The quantitative estimate of drug-likeness (QED) is 0.927. The van der Waals surface area contributed by atoms with Gasteiger partial charge < -0.3 is 10.1 Å². The molecule has 4 heteroatoms. The summed E-state index contributed by atoms with van der Waals surface area (Å²) in [5, 5.41) is 3.00. The first kappa shape index (κ1) is 16.0. The minimum atomic E-state index is 0.0388. The van der Waals surface area contributed by atoms with Gasteiger partial charge in [-0.15, -0.1) is 0 Å². The van der Waals surface area contributed by atoms with Crippen LogP contribution < -0.4 is 5.32 Å². The molecule has 0 saturated carbocycles. The van der Waals surface area contributed by atoms with E-state index in [2.05, 4.69) is 37.1 Å². The van der Waals surface area contributed by atoms with Gasteiger partial charge in [-0.1, -0.05) is 26.0 Å². The van der Waals surface area contributed by atoms with Crippen LogP contribution >= 0.6 is 0 Å². The van der Waals surface area contributed by atoms with Gasteiger partial charge in [-0.05, 0) is 37.5 Å². The van der Waals surface area contributed by atoms with Gasteiger partial charge in [0.1, 0.15) is 0 Å². The second-order valence-electron chi connectivity index (χ2n) is 6.25. The Kier molecular flexibility index (Phi) is 5.37. The molecule has 1 amide bonds. The van der Waals surface area contributed by atoms with Crippen molar-refractivity contribution < 1.29 is 9.53 Å². The first-order chi connectivity index (χ1) is 9.95. The van der Waals surface area contributed by atoms with Crippen LogP contribution in [0.1, 0.15) is 39.2 Å². The number of rotatable bonds is 4. The first-order valence-corrected chi connectivity index (χ1v) is 7.71. The Morgan fingerprint density at radius 2 is 2.19 bits per heavy atom. The number of hydrogen-bond donors (Lipinski definition) is 1. The zero-order chi connectivity index (χ0) is 15.4. The first-order valence-electron chi connectivity index (χ1n) is 7.71. The molecule has 2 rings (SSSR count). The maximum Gasteiger partial charge on any atom is 0.238 e. The van der Waals surface area contributed by atoms with E-state index in [4.69, 9.17) is 4.74 Å². The second kappa shape index (κ2) is 7.05. The molecule has 0 spiro atoms. The van der Waals surface area contributed by atoms with Crippen LogP contribution in [0.25, 0.3) is 0 Å². The molecule has 21 heavy (non-hydrogen) atoms. The molecule has 1 fully saturated rings. The summed E-state index contributed by atoms with van der Waals surface area (Å²) in [5.41, 5.74) is 2.11. The highest BCUT2D eigenvalue weighted by atomic mass is 16.5. The van der Waals surface area contributed by atoms with Crippen LogP contribution in [0.3, 0.4) is 0 Å². The minimum absolute atomic E-state index is 0.0388. The lowest BCUT2D eigenvalue weighted by Gasteiger charge is -2.36. The highest BCUT2D eigenvalue weighted by molar-refractivity contribution is 5.92. The van der Waals surface area contributed by atoms with Gasteiger partial charge in [0.05, 0.1) is 19.3 Å². The van der Waals surface area contributed by atoms with Gasteiger partial charge in [-0.2, -0.15) is 0 Å². The smallest absolute Gasteiger partial charge is 0.238 e. The Bertz CT molecular complexity index is 487. The predicted octanol–water partition coefficient (Wildman–Crippen LogP) is 2.86. The van der Waals surface area contributed by atoms with Crippen molar-refractivity contribution in [2.24, 2.45) is 0 Å². The van der Waals surface area contributed by atoms with E-state index < -0.39 is 0 Å². The number of carbonyl (C=O) groups is 1. The Hall–Kier alpha value is -1.39. The maximum absolute atomic E-state index is 12.2. The highest BCUT2D eigenvalue weighted by Crippen LogP contribution is 2.18. The normalized spacial score (nSPS) is 23.3. The fourth-order valence-corrected chi connectivity index (χ4v) is 2.55. The monoisotopic (exact) mass is 290 g/mol. The van der Waals surface area contributed by atoms with E-state index >= 15 is 0 Å². The van der Waals surface area contributed by atoms with E-state index in [1.165, 1.54) is 5.56 Å². The minimum Gasteiger partial charge on any atom is -0.376 e. The number of nitrogens with zero attached hydrogens (tertiary/aromatic N) is 1. The summed E-state index contributed by atoms with van der Waals surface area (Å²) < 4.78 is 5.59. The Balaban J connectivity index is 1.93. The fraction of sp³-hybridized carbons (Fsp3) is 0.588. The van der Waals surface area contributed by atoms with E-state index in [0.29, 0.717) is 19.1 Å². The number of nitrogens with one attached hydrogen (secondary N) is 1. The summed E-state index contributed by atoms with van der Waals surface area (Å²) >= 11 is 0. The number of benzene rings is 1. The molecule has 1 N–H and O–H groups in total. The van der Waals surface area contributed by atoms with Gasteiger partial charge in [0.15, 0.2) is 0 Å². The van der Waals surface area contributed by atoms with Gasteiger partial charge in [-0.3, -0.25) is 9.69 Å². The number of ether oxygens (including phenoxy) is 1. The van der Waals surface area contributed by atoms with E-state index in [1.54, 1.807) is 0 Å². The number of amides is 1. The summed E-state index contributed by atoms with van der Waals surface area (Å²) in [6.45, 7) is 10.4. The van der Waals surface area contributed by atoms with Crippen LogP contribution in [0.4, 0.5) is 5.69 Å². The van der Waals surface area contributed by atoms with Crippen molar-refractivity contribution in [3.8, 4) is 0 Å². The Morgan fingerprint density at radius 3 is 2.90 bits per heavy atom. The average molecular weight is 290 g/mol. The predicted molar refractivity (Wildman–Crippen MR) is 85.6 cm³/mol. The molecule has 1 aromatic carbocycles. The molecule has 2 atom stereocenters. The molecule has 1 aliphatic heterocycles. The van der Waals surface area contributed by atoms with Crippen molar-refractivity contribution in [2.45, 2.75) is 45.8 Å². The average Bonchev–Trinajstić information content (AvgIpc) is 2.43. The van der Waals surface area contributed by atoms with E-state index in [1.807, 2.05) is 25.1 Å². The zero-order valence-electron chi connectivity index (χ0n) is 13.4. The number of morpholine rings is 1.